The largest absolute Gasteiger partial charge is 0.482 e. The molecule has 0 bridgehead atoms. The Morgan fingerprint density at radius 1 is 1.31 bits per heavy atom. The lowest BCUT2D eigenvalue weighted by molar-refractivity contribution is -0.132. The zero-order valence-corrected chi connectivity index (χ0v) is 14.5. The first-order valence-electron chi connectivity index (χ1n) is 8.86. The van der Waals surface area contributed by atoms with Gasteiger partial charge in [0, 0.05) is 19.5 Å². The van der Waals surface area contributed by atoms with Crippen molar-refractivity contribution in [2.75, 3.05) is 24.6 Å². The summed E-state index contributed by atoms with van der Waals surface area (Å²) in [5.41, 5.74) is 0.733. The second kappa shape index (κ2) is 7.15. The van der Waals surface area contributed by atoms with E-state index in [0.717, 1.165) is 25.1 Å². The number of hydrogen-bond donors (Lipinski definition) is 0. The number of para-hydroxylation sites is 2. The van der Waals surface area contributed by atoms with Crippen molar-refractivity contribution < 1.29 is 14.3 Å². The van der Waals surface area contributed by atoms with Crippen LogP contribution in [0.15, 0.2) is 36.9 Å². The summed E-state index contributed by atoms with van der Waals surface area (Å²) in [6.45, 7) is 1.80. The lowest BCUT2D eigenvalue weighted by atomic mass is 10.2. The molecule has 2 aliphatic heterocycles. The molecule has 8 heteroatoms. The van der Waals surface area contributed by atoms with E-state index in [2.05, 4.69) is 10.1 Å². The number of carbonyl (C=O) groups excluding carboxylic acids is 2. The molecule has 4 rings (SSSR count). The van der Waals surface area contributed by atoms with E-state index in [9.17, 15) is 9.59 Å². The number of benzene rings is 1. The number of anilines is 1. The molecule has 2 amide bonds. The van der Waals surface area contributed by atoms with E-state index in [1.54, 1.807) is 15.9 Å². The van der Waals surface area contributed by atoms with Crippen molar-refractivity contribution in [3.8, 4) is 5.75 Å². The summed E-state index contributed by atoms with van der Waals surface area (Å²) >= 11 is 0. The maximum absolute atomic E-state index is 12.8. The average Bonchev–Trinajstić information content (AvgIpc) is 3.33. The van der Waals surface area contributed by atoms with E-state index in [4.69, 9.17) is 4.74 Å². The zero-order valence-electron chi connectivity index (χ0n) is 14.5. The lowest BCUT2D eigenvalue weighted by Gasteiger charge is -2.30. The van der Waals surface area contributed by atoms with Gasteiger partial charge in [-0.05, 0) is 25.0 Å². The average molecular weight is 355 g/mol. The first-order valence-corrected chi connectivity index (χ1v) is 8.86. The Bertz CT molecular complexity index is 792. The van der Waals surface area contributed by atoms with Gasteiger partial charge in [-0.15, -0.1) is 0 Å². The number of carbonyl (C=O) groups is 2. The van der Waals surface area contributed by atoms with Gasteiger partial charge in [0.15, 0.2) is 6.61 Å². The van der Waals surface area contributed by atoms with Crippen molar-refractivity contribution in [2.24, 2.45) is 0 Å². The number of fused-ring (bicyclic) bond motifs is 1. The highest BCUT2D eigenvalue weighted by Gasteiger charge is 2.31. The highest BCUT2D eigenvalue weighted by atomic mass is 16.5. The standard InChI is InChI=1S/C18H21N5O3/c24-17(22-8-3-4-14(22)10-21-13-19-12-20-21)7-9-23-15-5-1-2-6-16(15)26-11-18(23)25/h1-2,5-6,12-14H,3-4,7-11H2. The minimum Gasteiger partial charge on any atom is -0.482 e. The molecule has 1 unspecified atom stereocenters. The van der Waals surface area contributed by atoms with Gasteiger partial charge < -0.3 is 14.5 Å². The van der Waals surface area contributed by atoms with Crippen LogP contribution in [0.3, 0.4) is 0 Å². The summed E-state index contributed by atoms with van der Waals surface area (Å²) in [6, 6.07) is 7.56. The van der Waals surface area contributed by atoms with E-state index < -0.39 is 0 Å². The first-order chi connectivity index (χ1) is 12.7. The molecule has 1 atom stereocenters. The van der Waals surface area contributed by atoms with E-state index in [1.165, 1.54) is 6.33 Å². The van der Waals surface area contributed by atoms with Crippen molar-refractivity contribution in [1.29, 1.82) is 0 Å². The van der Waals surface area contributed by atoms with Crippen LogP contribution in [0.2, 0.25) is 0 Å². The summed E-state index contributed by atoms with van der Waals surface area (Å²) in [5, 5.41) is 4.13. The fourth-order valence-corrected chi connectivity index (χ4v) is 3.65. The summed E-state index contributed by atoms with van der Waals surface area (Å²) in [6.07, 6.45) is 5.43. The zero-order chi connectivity index (χ0) is 17.9. The van der Waals surface area contributed by atoms with Crippen molar-refractivity contribution in [1.82, 2.24) is 19.7 Å². The molecule has 1 aromatic heterocycles. The van der Waals surface area contributed by atoms with Gasteiger partial charge >= 0.3 is 0 Å². The molecular formula is C18H21N5O3. The molecule has 0 N–H and O–H groups in total. The topological polar surface area (TPSA) is 80.6 Å². The fourth-order valence-electron chi connectivity index (χ4n) is 3.65. The van der Waals surface area contributed by atoms with Gasteiger partial charge in [-0.1, -0.05) is 12.1 Å². The van der Waals surface area contributed by atoms with Crippen molar-refractivity contribution in [3.63, 3.8) is 0 Å². The minimum absolute atomic E-state index is 0.0177. The number of aromatic nitrogens is 3. The highest BCUT2D eigenvalue weighted by Crippen LogP contribution is 2.31. The molecule has 1 aromatic carbocycles. The molecule has 3 heterocycles. The number of amides is 2. The van der Waals surface area contributed by atoms with E-state index >= 15 is 0 Å². The van der Waals surface area contributed by atoms with Crippen LogP contribution in [0.4, 0.5) is 5.69 Å². The first kappa shape index (κ1) is 16.6. The molecule has 2 aliphatic rings. The van der Waals surface area contributed by atoms with Crippen LogP contribution in [-0.2, 0) is 16.1 Å². The Morgan fingerprint density at radius 3 is 3.04 bits per heavy atom. The molecule has 136 valence electrons. The quantitative estimate of drug-likeness (QED) is 0.802. The van der Waals surface area contributed by atoms with Gasteiger partial charge in [-0.3, -0.25) is 14.3 Å². The molecule has 0 saturated carbocycles. The monoisotopic (exact) mass is 355 g/mol. The maximum Gasteiger partial charge on any atom is 0.265 e. The predicted octanol–water partition coefficient (Wildman–Crippen LogP) is 1.08. The van der Waals surface area contributed by atoms with Crippen molar-refractivity contribution >= 4 is 17.5 Å². The number of ether oxygens (including phenoxy) is 1. The molecule has 26 heavy (non-hydrogen) atoms. The number of hydrogen-bond acceptors (Lipinski definition) is 5. The predicted molar refractivity (Wildman–Crippen MR) is 93.7 cm³/mol. The van der Waals surface area contributed by atoms with Gasteiger partial charge in [-0.25, -0.2) is 4.98 Å². The van der Waals surface area contributed by atoms with Crippen LogP contribution < -0.4 is 9.64 Å². The van der Waals surface area contributed by atoms with Gasteiger partial charge in [0.1, 0.15) is 18.4 Å². The molecular weight excluding hydrogens is 334 g/mol. The second-order valence-corrected chi connectivity index (χ2v) is 6.55. The van der Waals surface area contributed by atoms with E-state index in [0.29, 0.717) is 25.3 Å². The summed E-state index contributed by atoms with van der Waals surface area (Å²) in [7, 11) is 0. The molecule has 1 saturated heterocycles. The Labute approximate surface area is 151 Å². The van der Waals surface area contributed by atoms with Crippen molar-refractivity contribution in [3.05, 3.63) is 36.9 Å². The molecule has 0 spiro atoms. The Hall–Kier alpha value is -2.90. The normalized spacial score (nSPS) is 19.4. The third kappa shape index (κ3) is 3.26. The summed E-state index contributed by atoms with van der Waals surface area (Å²) in [4.78, 5) is 32.5. The van der Waals surface area contributed by atoms with Crippen LogP contribution in [0.1, 0.15) is 19.3 Å². The smallest absolute Gasteiger partial charge is 0.265 e. The van der Waals surface area contributed by atoms with Crippen LogP contribution in [-0.4, -0.2) is 57.2 Å². The number of rotatable bonds is 5. The number of likely N-dealkylation sites (tertiary alicyclic amines) is 1. The van der Waals surface area contributed by atoms with E-state index in [-0.39, 0.29) is 24.5 Å². The second-order valence-electron chi connectivity index (χ2n) is 6.55. The molecule has 0 aliphatic carbocycles. The number of nitrogens with zero attached hydrogens (tertiary/aromatic N) is 5. The highest BCUT2D eigenvalue weighted by molar-refractivity contribution is 5.98. The fraction of sp³-hybridized carbons (Fsp3) is 0.444. The molecule has 0 radical (unpaired) electrons. The van der Waals surface area contributed by atoms with E-state index in [1.807, 2.05) is 29.2 Å². The summed E-state index contributed by atoms with van der Waals surface area (Å²) in [5.74, 6) is 0.645. The minimum atomic E-state index is -0.114. The maximum atomic E-state index is 12.8. The van der Waals surface area contributed by atoms with Gasteiger partial charge in [-0.2, -0.15) is 5.10 Å². The van der Waals surface area contributed by atoms with Crippen LogP contribution >= 0.6 is 0 Å². The lowest BCUT2D eigenvalue weighted by Crippen LogP contribution is -2.43. The molecule has 2 aromatic rings. The van der Waals surface area contributed by atoms with Gasteiger partial charge in [0.2, 0.25) is 5.91 Å². The van der Waals surface area contributed by atoms with Crippen LogP contribution in [0.25, 0.3) is 0 Å². The SMILES string of the molecule is O=C1COc2ccccc2N1CCC(=O)N1CCCC1Cn1cncn1. The Morgan fingerprint density at radius 2 is 2.19 bits per heavy atom. The third-order valence-corrected chi connectivity index (χ3v) is 4.92. The van der Waals surface area contributed by atoms with Crippen LogP contribution in [0.5, 0.6) is 5.75 Å². The molecule has 8 nitrogen and oxygen atoms in total. The Balaban J connectivity index is 1.40. The van der Waals surface area contributed by atoms with Crippen molar-refractivity contribution in [2.45, 2.75) is 31.8 Å². The third-order valence-electron chi connectivity index (χ3n) is 4.92. The van der Waals surface area contributed by atoms with Gasteiger partial charge in [0.25, 0.3) is 5.91 Å². The Kier molecular flexibility index (Phi) is 4.55. The summed E-state index contributed by atoms with van der Waals surface area (Å²) < 4.78 is 7.21. The molecule has 1 fully saturated rings. The van der Waals surface area contributed by atoms with Gasteiger partial charge in [0.05, 0.1) is 18.3 Å². The van der Waals surface area contributed by atoms with Crippen LogP contribution in [0, 0.1) is 0 Å².